The molecule has 1 aromatic heterocycles. The highest BCUT2D eigenvalue weighted by molar-refractivity contribution is 5.72. The molecule has 1 rings (SSSR count). The predicted octanol–water partition coefficient (Wildman–Crippen LogP) is 1.50. The number of pyridine rings is 1. The van der Waals surface area contributed by atoms with E-state index in [0.717, 1.165) is 0 Å². The Morgan fingerprint density at radius 3 is 2.76 bits per heavy atom. The quantitative estimate of drug-likeness (QED) is 0.807. The van der Waals surface area contributed by atoms with Gasteiger partial charge in [0, 0.05) is 11.7 Å². The molecule has 0 aliphatic rings. The molecule has 1 N–H and O–H groups in total. The van der Waals surface area contributed by atoms with Crippen molar-refractivity contribution in [3.63, 3.8) is 0 Å². The van der Waals surface area contributed by atoms with E-state index in [0.29, 0.717) is 0 Å². The van der Waals surface area contributed by atoms with Crippen LogP contribution in [0.3, 0.4) is 0 Å². The van der Waals surface area contributed by atoms with Crippen molar-refractivity contribution >= 4 is 12.6 Å². The summed E-state index contributed by atoms with van der Waals surface area (Å²) in [6.07, 6.45) is 0.786. The van der Waals surface area contributed by atoms with Crippen molar-refractivity contribution in [2.45, 2.75) is 26.3 Å². The van der Waals surface area contributed by atoms with E-state index in [2.05, 4.69) is 15.0 Å². The molecule has 0 bridgehead atoms. The Hall–Kier alpha value is -2.11. The summed E-state index contributed by atoms with van der Waals surface area (Å²) in [6, 6.07) is 3.05. The van der Waals surface area contributed by atoms with Crippen LogP contribution in [0.1, 0.15) is 20.8 Å². The van der Waals surface area contributed by atoms with Crippen LogP contribution in [0, 0.1) is 0 Å². The number of carbonyl (C=O) groups excluding carboxylic acids is 2. The van der Waals surface area contributed by atoms with Crippen LogP contribution in [0.4, 0.5) is 4.79 Å². The van der Waals surface area contributed by atoms with E-state index in [1.165, 1.54) is 12.3 Å². The lowest BCUT2D eigenvalue weighted by Crippen LogP contribution is -2.42. The lowest BCUT2D eigenvalue weighted by Gasteiger charge is -2.19. The average Bonchev–Trinajstić information content (AvgIpc) is 2.18. The van der Waals surface area contributed by atoms with Crippen molar-refractivity contribution in [2.24, 2.45) is 0 Å². The highest BCUT2D eigenvalue weighted by Gasteiger charge is 2.17. The number of hydrogen-bond acceptors (Lipinski definition) is 5. The van der Waals surface area contributed by atoms with Crippen molar-refractivity contribution in [1.29, 1.82) is 0 Å². The van der Waals surface area contributed by atoms with Crippen LogP contribution in [-0.2, 0) is 4.79 Å². The van der Waals surface area contributed by atoms with E-state index >= 15 is 0 Å². The number of nitrogens with zero attached hydrogens (tertiary/aromatic N) is 1. The SMILES string of the molecule is CC(C)(C)NC(=O)Oc1cccnc1OC=O. The van der Waals surface area contributed by atoms with Gasteiger partial charge in [-0.15, -0.1) is 0 Å². The maximum atomic E-state index is 11.5. The first-order valence-electron chi connectivity index (χ1n) is 4.98. The molecule has 1 heterocycles. The first-order valence-corrected chi connectivity index (χ1v) is 4.98. The van der Waals surface area contributed by atoms with Gasteiger partial charge in [0.15, 0.2) is 5.75 Å². The van der Waals surface area contributed by atoms with Crippen molar-refractivity contribution < 1.29 is 19.1 Å². The molecule has 0 atom stereocenters. The molecule has 0 aromatic carbocycles. The van der Waals surface area contributed by atoms with Crippen molar-refractivity contribution in [2.75, 3.05) is 0 Å². The van der Waals surface area contributed by atoms with Gasteiger partial charge in [0.05, 0.1) is 0 Å². The van der Waals surface area contributed by atoms with E-state index in [4.69, 9.17) is 4.74 Å². The maximum Gasteiger partial charge on any atom is 0.413 e. The standard InChI is InChI=1S/C11H14N2O4/c1-11(2,3)13-10(15)17-8-5-4-6-12-9(8)16-7-14/h4-7H,1-3H3,(H,13,15). The van der Waals surface area contributed by atoms with Gasteiger partial charge in [-0.05, 0) is 32.9 Å². The molecule has 6 nitrogen and oxygen atoms in total. The zero-order valence-corrected chi connectivity index (χ0v) is 9.89. The summed E-state index contributed by atoms with van der Waals surface area (Å²) in [7, 11) is 0. The fourth-order valence-electron chi connectivity index (χ4n) is 1.02. The molecule has 0 radical (unpaired) electrons. The Labute approximate surface area is 98.9 Å². The minimum atomic E-state index is -0.638. The summed E-state index contributed by atoms with van der Waals surface area (Å²) in [5.41, 5.74) is -0.412. The van der Waals surface area contributed by atoms with Crippen molar-refractivity contribution in [3.8, 4) is 11.6 Å². The third-order valence-corrected chi connectivity index (χ3v) is 1.58. The number of aromatic nitrogens is 1. The summed E-state index contributed by atoms with van der Waals surface area (Å²) in [5.74, 6) is 0.0351. The normalized spacial score (nSPS) is 10.5. The van der Waals surface area contributed by atoms with Gasteiger partial charge in [-0.2, -0.15) is 0 Å². The fraction of sp³-hybridized carbons (Fsp3) is 0.364. The minimum absolute atomic E-state index is 0.0495. The highest BCUT2D eigenvalue weighted by atomic mass is 16.6. The summed E-state index contributed by atoms with van der Waals surface area (Å²) < 4.78 is 9.55. The number of ether oxygens (including phenoxy) is 2. The third-order valence-electron chi connectivity index (χ3n) is 1.58. The van der Waals surface area contributed by atoms with Gasteiger partial charge in [0.2, 0.25) is 0 Å². The number of rotatable bonds is 3. The van der Waals surface area contributed by atoms with Crippen LogP contribution < -0.4 is 14.8 Å². The van der Waals surface area contributed by atoms with Crippen LogP contribution in [-0.4, -0.2) is 23.1 Å². The van der Waals surface area contributed by atoms with Crippen LogP contribution in [0.2, 0.25) is 0 Å². The summed E-state index contributed by atoms with van der Waals surface area (Å²) in [6.45, 7) is 5.68. The van der Waals surface area contributed by atoms with Gasteiger partial charge in [0.1, 0.15) is 0 Å². The smallest absolute Gasteiger partial charge is 0.406 e. The number of nitrogens with one attached hydrogen (secondary N) is 1. The van der Waals surface area contributed by atoms with Crippen LogP contribution in [0.25, 0.3) is 0 Å². The Bertz CT molecular complexity index is 412. The van der Waals surface area contributed by atoms with E-state index in [-0.39, 0.29) is 18.1 Å². The van der Waals surface area contributed by atoms with E-state index in [1.54, 1.807) is 6.07 Å². The zero-order valence-electron chi connectivity index (χ0n) is 9.89. The van der Waals surface area contributed by atoms with Gasteiger partial charge in [-0.1, -0.05) is 0 Å². The van der Waals surface area contributed by atoms with Gasteiger partial charge < -0.3 is 14.8 Å². The summed E-state index contributed by atoms with van der Waals surface area (Å²) >= 11 is 0. The van der Waals surface area contributed by atoms with E-state index < -0.39 is 11.6 Å². The van der Waals surface area contributed by atoms with Crippen LogP contribution in [0.5, 0.6) is 11.6 Å². The lowest BCUT2D eigenvalue weighted by atomic mass is 10.1. The third kappa shape index (κ3) is 4.50. The summed E-state index contributed by atoms with van der Waals surface area (Å²) in [4.78, 5) is 25.5. The average molecular weight is 238 g/mol. The van der Waals surface area contributed by atoms with E-state index in [9.17, 15) is 9.59 Å². The molecule has 0 saturated heterocycles. The Morgan fingerprint density at radius 1 is 1.47 bits per heavy atom. The van der Waals surface area contributed by atoms with Gasteiger partial charge in [0.25, 0.3) is 12.4 Å². The number of amides is 1. The second-order valence-corrected chi connectivity index (χ2v) is 4.29. The molecule has 0 unspecified atom stereocenters. The largest absolute Gasteiger partial charge is 0.413 e. The predicted molar refractivity (Wildman–Crippen MR) is 59.8 cm³/mol. The second-order valence-electron chi connectivity index (χ2n) is 4.29. The van der Waals surface area contributed by atoms with Crippen LogP contribution in [0.15, 0.2) is 18.3 Å². The molecule has 6 heteroatoms. The molecule has 17 heavy (non-hydrogen) atoms. The summed E-state index contributed by atoms with van der Waals surface area (Å²) in [5, 5.41) is 2.60. The molecular formula is C11H14N2O4. The van der Waals surface area contributed by atoms with Crippen LogP contribution >= 0.6 is 0 Å². The Balaban J connectivity index is 2.74. The molecule has 1 amide bonds. The molecule has 0 saturated carbocycles. The molecular weight excluding hydrogens is 224 g/mol. The second kappa shape index (κ2) is 5.29. The monoisotopic (exact) mass is 238 g/mol. The van der Waals surface area contributed by atoms with Gasteiger partial charge in [-0.25, -0.2) is 9.78 Å². The molecule has 0 aliphatic heterocycles. The number of carbonyl (C=O) groups is 2. The molecule has 0 spiro atoms. The van der Waals surface area contributed by atoms with E-state index in [1.807, 2.05) is 20.8 Å². The molecule has 0 aliphatic carbocycles. The first kappa shape index (κ1) is 13.0. The number of hydrogen-bond donors (Lipinski definition) is 1. The van der Waals surface area contributed by atoms with Crippen molar-refractivity contribution in [1.82, 2.24) is 10.3 Å². The van der Waals surface area contributed by atoms with Gasteiger partial charge in [-0.3, -0.25) is 4.79 Å². The Kier molecular flexibility index (Phi) is 4.03. The zero-order chi connectivity index (χ0) is 12.9. The maximum absolute atomic E-state index is 11.5. The Morgan fingerprint density at radius 2 is 2.18 bits per heavy atom. The topological polar surface area (TPSA) is 77.5 Å². The molecule has 0 fully saturated rings. The first-order chi connectivity index (χ1) is 7.92. The lowest BCUT2D eigenvalue weighted by molar-refractivity contribution is -0.121. The van der Waals surface area contributed by atoms with Crippen molar-refractivity contribution in [3.05, 3.63) is 18.3 Å². The molecule has 1 aromatic rings. The minimum Gasteiger partial charge on any atom is -0.406 e. The molecule has 92 valence electrons. The fourth-order valence-corrected chi connectivity index (χ4v) is 1.02. The van der Waals surface area contributed by atoms with Gasteiger partial charge >= 0.3 is 6.09 Å². The highest BCUT2D eigenvalue weighted by Crippen LogP contribution is 2.23.